The fourth-order valence-electron chi connectivity index (χ4n) is 0.984. The average molecular weight is 149 g/mol. The summed E-state index contributed by atoms with van der Waals surface area (Å²) < 4.78 is 0. The number of anilines is 1. The fourth-order valence-corrected chi connectivity index (χ4v) is 0.984. The van der Waals surface area contributed by atoms with Gasteiger partial charge in [0.1, 0.15) is 11.0 Å². The van der Waals surface area contributed by atoms with Gasteiger partial charge in [0.05, 0.1) is 5.69 Å². The molecule has 0 aliphatic rings. The Morgan fingerprint density at radius 3 is 2.91 bits per heavy atom. The number of fused-ring (bicyclic) bond motifs is 1. The molecule has 56 valence electrons. The van der Waals surface area contributed by atoms with Crippen LogP contribution in [0.1, 0.15) is 0 Å². The van der Waals surface area contributed by atoms with Crippen LogP contribution in [0.4, 0.5) is 5.69 Å². The van der Waals surface area contributed by atoms with Crippen LogP contribution in [0.25, 0.3) is 11.0 Å². The number of rotatable bonds is 0. The van der Waals surface area contributed by atoms with Crippen LogP contribution in [-0.4, -0.2) is 15.1 Å². The number of hydrogen-bond donors (Lipinski definition) is 2. The van der Waals surface area contributed by atoms with E-state index in [2.05, 4.69) is 10.3 Å². The van der Waals surface area contributed by atoms with Crippen molar-refractivity contribution in [1.82, 2.24) is 15.1 Å². The van der Waals surface area contributed by atoms with E-state index in [0.717, 1.165) is 5.52 Å². The van der Waals surface area contributed by atoms with Crippen molar-refractivity contribution < 1.29 is 0 Å². The predicted molar refractivity (Wildman–Crippen MR) is 42.1 cm³/mol. The summed E-state index contributed by atoms with van der Waals surface area (Å²) >= 11 is 0. The molecule has 2 rings (SSSR count). The molecule has 0 radical (unpaired) electrons. The predicted octanol–water partition coefficient (Wildman–Crippen LogP) is -0.273. The summed E-state index contributed by atoms with van der Waals surface area (Å²) in [4.78, 5) is 1.20. The molecule has 0 aliphatic heterocycles. The number of nitrogen functional groups attached to an aromatic ring is 2. The molecule has 11 heavy (non-hydrogen) atoms. The van der Waals surface area contributed by atoms with Crippen molar-refractivity contribution in [2.24, 2.45) is 0 Å². The molecule has 0 bridgehead atoms. The van der Waals surface area contributed by atoms with E-state index in [1.54, 1.807) is 6.07 Å². The first-order valence-electron chi connectivity index (χ1n) is 3.14. The number of hydrogen-bond acceptors (Lipinski definition) is 4. The van der Waals surface area contributed by atoms with Crippen LogP contribution in [0.3, 0.4) is 0 Å². The van der Waals surface area contributed by atoms with Crippen LogP contribution in [0.15, 0.2) is 18.2 Å². The molecule has 0 atom stereocenters. The topological polar surface area (TPSA) is 82.8 Å². The molecule has 5 heteroatoms. The Morgan fingerprint density at radius 2 is 2.18 bits per heavy atom. The first kappa shape index (κ1) is 5.96. The molecule has 5 nitrogen and oxygen atoms in total. The normalized spacial score (nSPS) is 10.5. The van der Waals surface area contributed by atoms with Gasteiger partial charge >= 0.3 is 0 Å². The van der Waals surface area contributed by atoms with E-state index in [4.69, 9.17) is 11.6 Å². The lowest BCUT2D eigenvalue weighted by Gasteiger charge is -1.92. The molecule has 1 aromatic carbocycles. The van der Waals surface area contributed by atoms with Gasteiger partial charge in [-0.1, -0.05) is 6.07 Å². The van der Waals surface area contributed by atoms with Crippen molar-refractivity contribution in [3.63, 3.8) is 0 Å². The molecular weight excluding hydrogens is 142 g/mol. The van der Waals surface area contributed by atoms with E-state index >= 15 is 0 Å². The van der Waals surface area contributed by atoms with Crippen LogP contribution < -0.4 is 11.6 Å². The number of nitrogens with two attached hydrogens (primary N) is 2. The lowest BCUT2D eigenvalue weighted by Crippen LogP contribution is -2.09. The molecule has 1 heterocycles. The second kappa shape index (κ2) is 1.85. The highest BCUT2D eigenvalue weighted by molar-refractivity contribution is 5.86. The van der Waals surface area contributed by atoms with E-state index in [1.807, 2.05) is 12.1 Å². The zero-order chi connectivity index (χ0) is 7.84. The highest BCUT2D eigenvalue weighted by atomic mass is 15.6. The maximum atomic E-state index is 5.60. The summed E-state index contributed by atoms with van der Waals surface area (Å²) in [5.41, 5.74) is 7.58. The van der Waals surface area contributed by atoms with Gasteiger partial charge in [-0.05, 0) is 17.3 Å². The third-order valence-electron chi connectivity index (χ3n) is 1.53. The SMILES string of the molecule is Nc1cccc2c1nnn2N. The van der Waals surface area contributed by atoms with Gasteiger partial charge in [-0.25, -0.2) is 0 Å². The molecule has 0 spiro atoms. The standard InChI is InChI=1S/C6H7N5/c7-4-2-1-3-5-6(4)9-10-11(5)8/h1-3H,7-8H2. The second-order valence-corrected chi connectivity index (χ2v) is 2.25. The van der Waals surface area contributed by atoms with E-state index in [9.17, 15) is 0 Å². The van der Waals surface area contributed by atoms with Gasteiger partial charge in [-0.3, -0.25) is 0 Å². The monoisotopic (exact) mass is 149 g/mol. The molecule has 0 unspecified atom stereocenters. The maximum Gasteiger partial charge on any atom is 0.138 e. The zero-order valence-electron chi connectivity index (χ0n) is 5.73. The van der Waals surface area contributed by atoms with E-state index in [-0.39, 0.29) is 0 Å². The Labute approximate surface area is 62.6 Å². The van der Waals surface area contributed by atoms with Gasteiger partial charge in [0.25, 0.3) is 0 Å². The molecule has 0 aliphatic carbocycles. The number of aromatic nitrogens is 3. The molecule has 1 aromatic heterocycles. The molecule has 0 saturated heterocycles. The molecule has 0 fully saturated rings. The van der Waals surface area contributed by atoms with Crippen molar-refractivity contribution in [2.75, 3.05) is 11.6 Å². The van der Waals surface area contributed by atoms with Gasteiger partial charge in [0.15, 0.2) is 0 Å². The molecule has 2 aromatic rings. The summed E-state index contributed by atoms with van der Waals surface area (Å²) in [6.45, 7) is 0. The third-order valence-corrected chi connectivity index (χ3v) is 1.53. The van der Waals surface area contributed by atoms with Crippen LogP contribution >= 0.6 is 0 Å². The summed E-state index contributed by atoms with van der Waals surface area (Å²) in [5, 5.41) is 7.40. The summed E-state index contributed by atoms with van der Waals surface area (Å²) in [5.74, 6) is 5.43. The second-order valence-electron chi connectivity index (χ2n) is 2.25. The molecule has 4 N–H and O–H groups in total. The van der Waals surface area contributed by atoms with Crippen LogP contribution in [0, 0.1) is 0 Å². The molecule has 0 amide bonds. The van der Waals surface area contributed by atoms with Crippen molar-refractivity contribution in [2.45, 2.75) is 0 Å². The van der Waals surface area contributed by atoms with E-state index < -0.39 is 0 Å². The summed E-state index contributed by atoms with van der Waals surface area (Å²) in [6, 6.07) is 5.38. The van der Waals surface area contributed by atoms with Gasteiger partial charge in [0.2, 0.25) is 0 Å². The van der Waals surface area contributed by atoms with E-state index in [0.29, 0.717) is 11.2 Å². The smallest absolute Gasteiger partial charge is 0.138 e. The molecule has 0 saturated carbocycles. The summed E-state index contributed by atoms with van der Waals surface area (Å²) in [7, 11) is 0. The Kier molecular flexibility index (Phi) is 1.00. The Bertz CT molecular complexity index is 391. The lowest BCUT2D eigenvalue weighted by molar-refractivity contribution is 0.787. The summed E-state index contributed by atoms with van der Waals surface area (Å²) in [6.07, 6.45) is 0. The minimum atomic E-state index is 0.596. The maximum absolute atomic E-state index is 5.60. The van der Waals surface area contributed by atoms with E-state index in [1.165, 1.54) is 4.79 Å². The zero-order valence-corrected chi connectivity index (χ0v) is 5.73. The molecular formula is C6H7N5. The fraction of sp³-hybridized carbons (Fsp3) is 0. The van der Waals surface area contributed by atoms with Crippen molar-refractivity contribution in [3.8, 4) is 0 Å². The Morgan fingerprint density at radius 1 is 1.36 bits per heavy atom. The number of nitrogens with zero attached hydrogens (tertiary/aromatic N) is 3. The highest BCUT2D eigenvalue weighted by Crippen LogP contribution is 2.15. The van der Waals surface area contributed by atoms with Crippen LogP contribution in [0.2, 0.25) is 0 Å². The van der Waals surface area contributed by atoms with Crippen molar-refractivity contribution in [1.29, 1.82) is 0 Å². The van der Waals surface area contributed by atoms with Crippen LogP contribution in [-0.2, 0) is 0 Å². The Hall–Kier alpha value is -1.78. The van der Waals surface area contributed by atoms with Crippen LogP contribution in [0.5, 0.6) is 0 Å². The first-order valence-corrected chi connectivity index (χ1v) is 3.14. The first-order chi connectivity index (χ1) is 5.29. The van der Waals surface area contributed by atoms with Gasteiger partial charge in [-0.15, -0.1) is 5.10 Å². The van der Waals surface area contributed by atoms with Gasteiger partial charge in [0, 0.05) is 0 Å². The largest absolute Gasteiger partial charge is 0.397 e. The Balaban J connectivity index is 2.94. The number of benzene rings is 1. The minimum absolute atomic E-state index is 0.596. The van der Waals surface area contributed by atoms with Crippen molar-refractivity contribution >= 4 is 16.7 Å². The lowest BCUT2D eigenvalue weighted by atomic mass is 10.3. The average Bonchev–Trinajstić information content (AvgIpc) is 2.35. The van der Waals surface area contributed by atoms with Gasteiger partial charge < -0.3 is 11.6 Å². The minimum Gasteiger partial charge on any atom is -0.397 e. The highest BCUT2D eigenvalue weighted by Gasteiger charge is 2.02. The quantitative estimate of drug-likeness (QED) is 0.399. The van der Waals surface area contributed by atoms with Crippen molar-refractivity contribution in [3.05, 3.63) is 18.2 Å². The third kappa shape index (κ3) is 0.706. The van der Waals surface area contributed by atoms with Gasteiger partial charge in [-0.2, -0.15) is 4.79 Å².